The average Bonchev–Trinajstić information content (AvgIpc) is 2.80. The molecule has 0 radical (unpaired) electrons. The molecular formula is C22H12Cl2F3N5O4. The molecule has 0 aliphatic heterocycles. The molecule has 0 saturated heterocycles. The zero-order valence-corrected chi connectivity index (χ0v) is 19.1. The van der Waals surface area contributed by atoms with E-state index in [1.54, 1.807) is 0 Å². The van der Waals surface area contributed by atoms with Crippen molar-refractivity contribution in [3.63, 3.8) is 0 Å². The van der Waals surface area contributed by atoms with Crippen molar-refractivity contribution in [1.29, 1.82) is 0 Å². The van der Waals surface area contributed by atoms with Crippen LogP contribution in [0.4, 0.5) is 36.2 Å². The molecular weight excluding hydrogens is 526 g/mol. The maximum atomic E-state index is 13.4. The summed E-state index contributed by atoms with van der Waals surface area (Å²) in [5.41, 5.74) is -3.58. The van der Waals surface area contributed by atoms with Crippen LogP contribution in [0.5, 0.6) is 0 Å². The third-order valence-electron chi connectivity index (χ3n) is 4.91. The first-order valence-electron chi connectivity index (χ1n) is 9.86. The number of amides is 1. The number of carbonyl (C=O) groups is 1. The first-order chi connectivity index (χ1) is 16.9. The lowest BCUT2D eigenvalue weighted by Gasteiger charge is -2.14. The fraction of sp³-hybridized carbons (Fsp3) is 0.0455. The smallest absolute Gasteiger partial charge is 0.326 e. The lowest BCUT2D eigenvalue weighted by atomic mass is 10.1. The highest BCUT2D eigenvalue weighted by Gasteiger charge is 2.34. The van der Waals surface area contributed by atoms with Crippen molar-refractivity contribution in [1.82, 2.24) is 9.97 Å². The Morgan fingerprint density at radius 1 is 1.06 bits per heavy atom. The minimum Gasteiger partial charge on any atom is -0.326 e. The maximum absolute atomic E-state index is 13.4. The van der Waals surface area contributed by atoms with Crippen molar-refractivity contribution in [2.75, 3.05) is 10.6 Å². The number of alkyl halides is 3. The van der Waals surface area contributed by atoms with Crippen LogP contribution in [-0.4, -0.2) is 20.8 Å². The Hall–Kier alpha value is -4.16. The van der Waals surface area contributed by atoms with Crippen molar-refractivity contribution < 1.29 is 22.9 Å². The topological polar surface area (TPSA) is 130 Å². The molecule has 0 aliphatic carbocycles. The predicted octanol–water partition coefficient (Wildman–Crippen LogP) is 6.15. The third kappa shape index (κ3) is 5.09. The minimum absolute atomic E-state index is 0.163. The number of nitro benzene ring substituents is 1. The van der Waals surface area contributed by atoms with Crippen LogP contribution in [0, 0.1) is 10.1 Å². The SMILES string of the molecule is O=C(Nc1ccccc1C(F)(F)F)c1cc([N+](=O)[O-])cc2c(=O)[nH]c(Nc3ccc(Cl)c(Cl)c3)nc12. The van der Waals surface area contributed by atoms with Crippen LogP contribution >= 0.6 is 23.2 Å². The van der Waals surface area contributed by atoms with Crippen molar-refractivity contribution >= 4 is 63.0 Å². The van der Waals surface area contributed by atoms with E-state index in [0.717, 1.165) is 30.3 Å². The lowest BCUT2D eigenvalue weighted by Crippen LogP contribution is -2.19. The van der Waals surface area contributed by atoms with Crippen LogP contribution in [0.25, 0.3) is 10.9 Å². The van der Waals surface area contributed by atoms with Crippen molar-refractivity contribution in [2.24, 2.45) is 0 Å². The Kier molecular flexibility index (Phi) is 6.57. The normalized spacial score (nSPS) is 11.4. The summed E-state index contributed by atoms with van der Waals surface area (Å²) in [6.07, 6.45) is -4.78. The van der Waals surface area contributed by atoms with Crippen molar-refractivity contribution in [2.45, 2.75) is 6.18 Å². The number of non-ortho nitro benzene ring substituents is 1. The minimum atomic E-state index is -4.78. The maximum Gasteiger partial charge on any atom is 0.418 e. The molecule has 3 N–H and O–H groups in total. The summed E-state index contributed by atoms with van der Waals surface area (Å²) in [5.74, 6) is -1.30. The Labute approximate surface area is 209 Å². The van der Waals surface area contributed by atoms with Crippen LogP contribution in [0.1, 0.15) is 15.9 Å². The Morgan fingerprint density at radius 2 is 1.78 bits per heavy atom. The van der Waals surface area contributed by atoms with Gasteiger partial charge in [-0.2, -0.15) is 13.2 Å². The van der Waals surface area contributed by atoms with Gasteiger partial charge in [0.15, 0.2) is 0 Å². The fourth-order valence-corrected chi connectivity index (χ4v) is 3.60. The summed E-state index contributed by atoms with van der Waals surface area (Å²) in [5, 5.41) is 16.4. The molecule has 1 amide bonds. The number of H-pyrrole nitrogens is 1. The number of fused-ring (bicyclic) bond motifs is 1. The number of nitrogens with one attached hydrogen (secondary N) is 3. The van der Waals surface area contributed by atoms with E-state index in [9.17, 15) is 32.9 Å². The summed E-state index contributed by atoms with van der Waals surface area (Å²) < 4.78 is 40.1. The monoisotopic (exact) mass is 537 g/mol. The molecule has 0 aliphatic rings. The first-order valence-corrected chi connectivity index (χ1v) is 10.6. The number of carbonyl (C=O) groups excluding carboxylic acids is 1. The fourth-order valence-electron chi connectivity index (χ4n) is 3.30. The average molecular weight is 538 g/mol. The van der Waals surface area contributed by atoms with Gasteiger partial charge in [0.25, 0.3) is 17.2 Å². The summed E-state index contributed by atoms with van der Waals surface area (Å²) >= 11 is 11.9. The Bertz CT molecular complexity index is 1590. The quantitative estimate of drug-likeness (QED) is 0.206. The van der Waals surface area contributed by atoms with Gasteiger partial charge in [-0.15, -0.1) is 0 Å². The molecule has 1 heterocycles. The molecule has 4 rings (SSSR count). The molecule has 3 aromatic carbocycles. The van der Waals surface area contributed by atoms with E-state index < -0.39 is 45.1 Å². The highest BCUT2D eigenvalue weighted by molar-refractivity contribution is 6.42. The molecule has 0 fully saturated rings. The van der Waals surface area contributed by atoms with Crippen LogP contribution in [0.15, 0.2) is 59.4 Å². The number of rotatable bonds is 5. The number of para-hydroxylation sites is 1. The molecule has 4 aromatic rings. The van der Waals surface area contributed by atoms with Gasteiger partial charge in [-0.3, -0.25) is 24.7 Å². The van der Waals surface area contributed by atoms with E-state index in [2.05, 4.69) is 20.6 Å². The van der Waals surface area contributed by atoms with Crippen molar-refractivity contribution in [3.8, 4) is 0 Å². The summed E-state index contributed by atoms with van der Waals surface area (Å²) in [4.78, 5) is 42.9. The Morgan fingerprint density at radius 3 is 2.44 bits per heavy atom. The number of aromatic amines is 1. The molecule has 36 heavy (non-hydrogen) atoms. The molecule has 184 valence electrons. The summed E-state index contributed by atoms with van der Waals surface area (Å²) in [7, 11) is 0. The molecule has 0 bridgehead atoms. The molecule has 1 aromatic heterocycles. The lowest BCUT2D eigenvalue weighted by molar-refractivity contribution is -0.384. The number of anilines is 3. The van der Waals surface area contributed by atoms with Gasteiger partial charge >= 0.3 is 6.18 Å². The number of hydrogen-bond acceptors (Lipinski definition) is 6. The van der Waals surface area contributed by atoms with Gasteiger partial charge < -0.3 is 10.6 Å². The Balaban J connectivity index is 1.83. The molecule has 0 atom stereocenters. The van der Waals surface area contributed by atoms with Gasteiger partial charge in [0.05, 0.1) is 42.7 Å². The first kappa shape index (κ1) is 24.9. The van der Waals surface area contributed by atoms with Crippen LogP contribution < -0.4 is 16.2 Å². The van der Waals surface area contributed by atoms with E-state index in [4.69, 9.17) is 23.2 Å². The van der Waals surface area contributed by atoms with E-state index in [1.165, 1.54) is 24.3 Å². The number of benzene rings is 3. The number of nitro groups is 1. The standard InChI is InChI=1S/C22H12Cl2F3N5O4/c23-15-6-5-10(7-16(15)24)28-21-30-18-12(8-11(32(35)36)9-13(18)20(34)31-21)19(33)29-17-4-2-1-3-14(17)22(25,26)27/h1-9H,(H,29,33)(H2,28,30,31,34). The van der Waals surface area contributed by atoms with E-state index >= 15 is 0 Å². The highest BCUT2D eigenvalue weighted by Crippen LogP contribution is 2.35. The van der Waals surface area contributed by atoms with Gasteiger partial charge in [-0.1, -0.05) is 35.3 Å². The second-order valence-electron chi connectivity index (χ2n) is 7.31. The zero-order valence-electron chi connectivity index (χ0n) is 17.6. The predicted molar refractivity (Wildman–Crippen MR) is 128 cm³/mol. The van der Waals surface area contributed by atoms with Crippen LogP contribution in [-0.2, 0) is 6.18 Å². The van der Waals surface area contributed by atoms with Crippen LogP contribution in [0.2, 0.25) is 10.0 Å². The molecule has 0 saturated carbocycles. The van der Waals surface area contributed by atoms with Gasteiger partial charge in [-0.25, -0.2) is 4.98 Å². The van der Waals surface area contributed by atoms with Gasteiger partial charge in [0.1, 0.15) is 0 Å². The van der Waals surface area contributed by atoms with Crippen molar-refractivity contribution in [3.05, 3.63) is 96.2 Å². The largest absolute Gasteiger partial charge is 0.418 e. The van der Waals surface area contributed by atoms with Crippen LogP contribution in [0.3, 0.4) is 0 Å². The second kappa shape index (κ2) is 9.47. The van der Waals surface area contributed by atoms with E-state index in [0.29, 0.717) is 5.69 Å². The molecule has 0 unspecified atom stereocenters. The molecule has 0 spiro atoms. The van der Waals surface area contributed by atoms with E-state index in [-0.39, 0.29) is 26.9 Å². The van der Waals surface area contributed by atoms with Gasteiger partial charge in [0, 0.05) is 17.8 Å². The third-order valence-corrected chi connectivity index (χ3v) is 5.65. The summed E-state index contributed by atoms with van der Waals surface area (Å²) in [6.45, 7) is 0. The second-order valence-corrected chi connectivity index (χ2v) is 8.13. The molecule has 14 heteroatoms. The zero-order chi connectivity index (χ0) is 26.2. The van der Waals surface area contributed by atoms with E-state index in [1.807, 2.05) is 0 Å². The highest BCUT2D eigenvalue weighted by atomic mass is 35.5. The number of aromatic nitrogens is 2. The summed E-state index contributed by atoms with van der Waals surface area (Å²) in [6, 6.07) is 10.4. The number of nitrogens with zero attached hydrogens (tertiary/aromatic N) is 2. The molecule has 9 nitrogen and oxygen atoms in total. The number of halogens is 5. The van der Waals surface area contributed by atoms with Gasteiger partial charge in [-0.05, 0) is 30.3 Å². The number of hydrogen-bond donors (Lipinski definition) is 3. The van der Waals surface area contributed by atoms with Gasteiger partial charge in [0.2, 0.25) is 5.95 Å².